The van der Waals surface area contributed by atoms with Crippen LogP contribution in [-0.4, -0.2) is 25.8 Å². The van der Waals surface area contributed by atoms with Gasteiger partial charge in [0.05, 0.1) is 25.4 Å². The van der Waals surface area contributed by atoms with Gasteiger partial charge in [-0.1, -0.05) is 27.2 Å². The smallest absolute Gasteiger partial charge is 0.308 e. The number of carbonyl (C=O) groups is 1. The van der Waals surface area contributed by atoms with Crippen molar-refractivity contribution in [1.82, 2.24) is 0 Å². The van der Waals surface area contributed by atoms with Gasteiger partial charge in [-0.15, -0.1) is 0 Å². The van der Waals surface area contributed by atoms with E-state index in [2.05, 4.69) is 20.8 Å². The maximum atomic E-state index is 11.6. The number of benzene rings is 1. The highest BCUT2D eigenvalue weighted by Crippen LogP contribution is 2.61. The number of hydrogen-bond donors (Lipinski definition) is 0. The number of rotatable bonds is 3. The van der Waals surface area contributed by atoms with E-state index in [4.69, 9.17) is 18.9 Å². The van der Waals surface area contributed by atoms with Crippen LogP contribution in [-0.2, 0) is 14.3 Å². The van der Waals surface area contributed by atoms with Crippen LogP contribution in [0.3, 0.4) is 0 Å². The molecule has 1 aliphatic heterocycles. The number of esters is 1. The number of hydrogen-bond acceptors (Lipinski definition) is 5. The first-order valence-corrected chi connectivity index (χ1v) is 10.9. The van der Waals surface area contributed by atoms with Crippen molar-refractivity contribution in [3.63, 3.8) is 0 Å². The van der Waals surface area contributed by atoms with Crippen molar-refractivity contribution in [2.75, 3.05) is 13.7 Å². The molecule has 5 nitrogen and oxygen atoms in total. The molecule has 29 heavy (non-hydrogen) atoms. The predicted molar refractivity (Wildman–Crippen MR) is 110 cm³/mol. The van der Waals surface area contributed by atoms with Gasteiger partial charge in [0.15, 0.2) is 6.29 Å². The summed E-state index contributed by atoms with van der Waals surface area (Å²) in [5.41, 5.74) is 1.39. The van der Waals surface area contributed by atoms with E-state index >= 15 is 0 Å². The van der Waals surface area contributed by atoms with Gasteiger partial charge >= 0.3 is 5.97 Å². The number of ether oxygens (including phenoxy) is 4. The second-order valence-electron chi connectivity index (χ2n) is 9.92. The molecule has 1 aromatic carbocycles. The molecule has 3 fully saturated rings. The fraction of sp³-hybridized carbons (Fsp3) is 0.708. The number of carbonyl (C=O) groups excluding carboxylic acids is 1. The molecular formula is C24H34O5. The molecule has 1 saturated heterocycles. The quantitative estimate of drug-likeness (QED) is 0.509. The number of fused-ring (bicyclic) bond motifs is 3. The Morgan fingerprint density at radius 3 is 2.69 bits per heavy atom. The molecule has 0 radical (unpaired) electrons. The van der Waals surface area contributed by atoms with Crippen molar-refractivity contribution in [2.24, 2.45) is 22.7 Å². The summed E-state index contributed by atoms with van der Waals surface area (Å²) in [6.07, 6.45) is 5.77. The maximum absolute atomic E-state index is 11.6. The van der Waals surface area contributed by atoms with Crippen LogP contribution in [0.4, 0.5) is 0 Å². The van der Waals surface area contributed by atoms with Crippen molar-refractivity contribution < 1.29 is 23.7 Å². The molecule has 2 saturated carbocycles. The number of methoxy groups -OCH3 is 1. The van der Waals surface area contributed by atoms with Gasteiger partial charge in [-0.05, 0) is 54.6 Å². The van der Waals surface area contributed by atoms with Crippen LogP contribution in [0.1, 0.15) is 71.7 Å². The lowest BCUT2D eigenvalue weighted by Crippen LogP contribution is -2.57. The Balaban J connectivity index is 1.57. The highest BCUT2D eigenvalue weighted by atomic mass is 16.7. The molecule has 5 heteroatoms. The molecule has 4 rings (SSSR count). The zero-order valence-electron chi connectivity index (χ0n) is 18.3. The van der Waals surface area contributed by atoms with E-state index in [1.807, 2.05) is 12.1 Å². The second kappa shape index (κ2) is 7.59. The largest absolute Gasteiger partial charge is 0.497 e. The molecule has 3 aliphatic rings. The predicted octanol–water partition coefficient (Wildman–Crippen LogP) is 5.28. The average molecular weight is 403 g/mol. The van der Waals surface area contributed by atoms with E-state index in [1.54, 1.807) is 13.2 Å². The van der Waals surface area contributed by atoms with Gasteiger partial charge in [0.25, 0.3) is 0 Å². The third-order valence-electron chi connectivity index (χ3n) is 7.77. The molecule has 0 amide bonds. The molecule has 1 aromatic rings. The van der Waals surface area contributed by atoms with E-state index in [9.17, 15) is 4.79 Å². The normalized spacial score (nSPS) is 35.9. The zero-order valence-corrected chi connectivity index (χ0v) is 18.3. The summed E-state index contributed by atoms with van der Waals surface area (Å²) in [7, 11) is 1.59. The first kappa shape index (κ1) is 20.7. The van der Waals surface area contributed by atoms with Crippen LogP contribution in [0.25, 0.3) is 0 Å². The van der Waals surface area contributed by atoms with Crippen molar-refractivity contribution in [3.05, 3.63) is 23.8 Å². The molecule has 5 atom stereocenters. The van der Waals surface area contributed by atoms with Gasteiger partial charge in [-0.3, -0.25) is 4.79 Å². The second-order valence-corrected chi connectivity index (χ2v) is 9.92. The van der Waals surface area contributed by atoms with Crippen molar-refractivity contribution in [1.29, 1.82) is 0 Å². The van der Waals surface area contributed by atoms with Crippen LogP contribution in [0.5, 0.6) is 11.5 Å². The molecule has 2 aliphatic carbocycles. The van der Waals surface area contributed by atoms with Crippen LogP contribution in [0.15, 0.2) is 18.2 Å². The minimum Gasteiger partial charge on any atom is -0.497 e. The summed E-state index contributed by atoms with van der Waals surface area (Å²) in [4.78, 5) is 11.6. The summed E-state index contributed by atoms with van der Waals surface area (Å²) in [6, 6.07) is 5.44. The standard InChI is InChI=1S/C24H34O5/c1-15(25)28-20-13-16(26-5)7-8-17(20)22-27-14-18-19(29-22)9-10-21-23(2,3)11-6-12-24(18,21)4/h7-8,13,18-19,21-22H,6,9-12,14H2,1-5H3/t18-,19+,21?,22-,24+/m0/s1. The Kier molecular flexibility index (Phi) is 5.41. The molecule has 0 spiro atoms. The average Bonchev–Trinajstić information content (AvgIpc) is 2.66. The molecule has 1 unspecified atom stereocenters. The van der Waals surface area contributed by atoms with Crippen molar-refractivity contribution >= 4 is 5.97 Å². The van der Waals surface area contributed by atoms with E-state index in [1.165, 1.54) is 32.6 Å². The van der Waals surface area contributed by atoms with E-state index in [0.29, 0.717) is 35.4 Å². The minimum absolute atomic E-state index is 0.177. The highest BCUT2D eigenvalue weighted by molar-refractivity contribution is 5.70. The minimum atomic E-state index is -0.520. The fourth-order valence-corrected chi connectivity index (χ4v) is 6.38. The Morgan fingerprint density at radius 2 is 1.97 bits per heavy atom. The Bertz CT molecular complexity index is 773. The lowest BCUT2D eigenvalue weighted by Gasteiger charge is -2.60. The van der Waals surface area contributed by atoms with Crippen LogP contribution >= 0.6 is 0 Å². The molecule has 0 N–H and O–H groups in total. The Morgan fingerprint density at radius 1 is 1.17 bits per heavy atom. The molecular weight excluding hydrogens is 368 g/mol. The SMILES string of the molecule is COc1ccc([C@H]2OC[C@H]3[C@@H](CCC4C(C)(C)CCC[C@@]43C)O2)c(OC(C)=O)c1. The van der Waals surface area contributed by atoms with Crippen LogP contribution in [0.2, 0.25) is 0 Å². The molecule has 1 heterocycles. The van der Waals surface area contributed by atoms with Crippen LogP contribution < -0.4 is 9.47 Å². The lowest BCUT2D eigenvalue weighted by molar-refractivity contribution is -0.286. The Hall–Kier alpha value is -1.59. The van der Waals surface area contributed by atoms with Gasteiger partial charge in [0, 0.05) is 18.9 Å². The topological polar surface area (TPSA) is 54.0 Å². The van der Waals surface area contributed by atoms with Gasteiger partial charge in [-0.25, -0.2) is 0 Å². The summed E-state index contributed by atoms with van der Waals surface area (Å²) in [6.45, 7) is 9.41. The summed E-state index contributed by atoms with van der Waals surface area (Å²) in [5, 5.41) is 0. The fourth-order valence-electron chi connectivity index (χ4n) is 6.38. The van der Waals surface area contributed by atoms with Crippen LogP contribution in [0, 0.1) is 22.7 Å². The van der Waals surface area contributed by atoms with E-state index in [-0.39, 0.29) is 17.5 Å². The van der Waals surface area contributed by atoms with E-state index < -0.39 is 6.29 Å². The summed E-state index contributed by atoms with van der Waals surface area (Å²) >= 11 is 0. The maximum Gasteiger partial charge on any atom is 0.308 e. The zero-order chi connectivity index (χ0) is 20.8. The van der Waals surface area contributed by atoms with Gasteiger partial charge in [0.1, 0.15) is 11.5 Å². The summed E-state index contributed by atoms with van der Waals surface area (Å²) < 4.78 is 23.5. The van der Waals surface area contributed by atoms with Gasteiger partial charge in [0.2, 0.25) is 0 Å². The third-order valence-corrected chi connectivity index (χ3v) is 7.77. The monoisotopic (exact) mass is 402 g/mol. The van der Waals surface area contributed by atoms with Gasteiger partial charge in [-0.2, -0.15) is 0 Å². The molecule has 160 valence electrons. The molecule has 0 bridgehead atoms. The van der Waals surface area contributed by atoms with Crippen molar-refractivity contribution in [3.8, 4) is 11.5 Å². The highest BCUT2D eigenvalue weighted by Gasteiger charge is 2.56. The van der Waals surface area contributed by atoms with E-state index in [0.717, 1.165) is 12.0 Å². The Labute approximate surface area is 174 Å². The third kappa shape index (κ3) is 3.68. The first-order chi connectivity index (χ1) is 13.7. The first-order valence-electron chi connectivity index (χ1n) is 10.9. The molecule has 0 aromatic heterocycles. The lowest BCUT2D eigenvalue weighted by atomic mass is 9.48. The summed E-state index contributed by atoms with van der Waals surface area (Å²) in [5.74, 6) is 1.83. The van der Waals surface area contributed by atoms with Gasteiger partial charge < -0.3 is 18.9 Å². The van der Waals surface area contributed by atoms with Crippen molar-refractivity contribution in [2.45, 2.75) is 72.2 Å².